The minimum absolute atomic E-state index is 0.450. The van der Waals surface area contributed by atoms with E-state index in [0.717, 1.165) is 11.1 Å². The van der Waals surface area contributed by atoms with Gasteiger partial charge in [0.25, 0.3) is 0 Å². The summed E-state index contributed by atoms with van der Waals surface area (Å²) in [6, 6.07) is 1.40. The van der Waals surface area contributed by atoms with E-state index >= 15 is 0 Å². The smallest absolute Gasteiger partial charge is 0.136 e. The lowest BCUT2D eigenvalue weighted by Crippen LogP contribution is -2.34. The van der Waals surface area contributed by atoms with E-state index in [0.29, 0.717) is 0 Å². The van der Waals surface area contributed by atoms with E-state index in [9.17, 15) is 5.11 Å². The van der Waals surface area contributed by atoms with Gasteiger partial charge in [-0.15, -0.1) is 0 Å². The second-order valence-corrected chi connectivity index (χ2v) is 4.14. The molecule has 2 rings (SSSR count). The predicted octanol–water partition coefficient (Wildman–Crippen LogP) is 0.500. The van der Waals surface area contributed by atoms with Gasteiger partial charge in [-0.2, -0.15) is 5.10 Å². The van der Waals surface area contributed by atoms with Crippen molar-refractivity contribution in [1.82, 2.24) is 14.6 Å². The number of aromatic nitrogens is 3. The molecule has 2 aromatic rings. The van der Waals surface area contributed by atoms with Crippen LogP contribution >= 0.6 is 0 Å². The Morgan fingerprint density at radius 1 is 1.53 bits per heavy atom. The third-order valence-electron chi connectivity index (χ3n) is 2.47. The van der Waals surface area contributed by atoms with E-state index in [4.69, 9.17) is 5.73 Å². The van der Waals surface area contributed by atoms with Gasteiger partial charge in [0.2, 0.25) is 0 Å². The zero-order valence-corrected chi connectivity index (χ0v) is 8.75. The Bertz CT molecular complexity index is 471. The maximum absolute atomic E-state index is 9.84. The molecule has 2 heterocycles. The maximum Gasteiger partial charge on any atom is 0.136 e. The van der Waals surface area contributed by atoms with Crippen LogP contribution in [0.2, 0.25) is 0 Å². The summed E-state index contributed by atoms with van der Waals surface area (Å²) < 4.78 is 1.69. The molecule has 0 fully saturated rings. The van der Waals surface area contributed by atoms with E-state index < -0.39 is 11.6 Å². The zero-order chi connectivity index (χ0) is 11.1. The van der Waals surface area contributed by atoms with Gasteiger partial charge in [-0.3, -0.25) is 0 Å². The monoisotopic (exact) mass is 206 g/mol. The normalized spacial score (nSPS) is 14.4. The van der Waals surface area contributed by atoms with Crippen molar-refractivity contribution in [3.8, 4) is 0 Å². The first-order chi connectivity index (χ1) is 7.00. The van der Waals surface area contributed by atoms with Crippen LogP contribution in [0.5, 0.6) is 0 Å². The predicted molar refractivity (Wildman–Crippen MR) is 56.2 cm³/mol. The fraction of sp³-hybridized carbons (Fsp3) is 0.400. The van der Waals surface area contributed by atoms with Crippen molar-refractivity contribution in [2.75, 3.05) is 0 Å². The molecule has 0 radical (unpaired) electrons. The molecule has 0 aliphatic rings. The summed E-state index contributed by atoms with van der Waals surface area (Å²) in [7, 11) is 0. The van der Waals surface area contributed by atoms with Crippen molar-refractivity contribution >= 4 is 5.52 Å². The highest BCUT2D eigenvalue weighted by Gasteiger charge is 2.26. The SMILES string of the molecule is CC(C)(O)C(N)c1ccn2ncncc12. The molecular weight excluding hydrogens is 192 g/mol. The van der Waals surface area contributed by atoms with Crippen molar-refractivity contribution in [3.63, 3.8) is 0 Å². The van der Waals surface area contributed by atoms with Gasteiger partial charge in [-0.05, 0) is 19.9 Å². The molecule has 0 saturated carbocycles. The number of rotatable bonds is 2. The Hall–Kier alpha value is -1.46. The molecule has 5 heteroatoms. The zero-order valence-electron chi connectivity index (χ0n) is 8.75. The van der Waals surface area contributed by atoms with Crippen molar-refractivity contribution in [2.24, 2.45) is 5.73 Å². The molecule has 0 aliphatic carbocycles. The van der Waals surface area contributed by atoms with E-state index in [1.54, 1.807) is 30.8 Å². The lowest BCUT2D eigenvalue weighted by Gasteiger charge is -2.25. The first kappa shape index (κ1) is 10.1. The molecule has 0 aliphatic heterocycles. The number of nitrogens with zero attached hydrogens (tertiary/aromatic N) is 3. The fourth-order valence-corrected chi connectivity index (χ4v) is 1.52. The van der Waals surface area contributed by atoms with Crippen molar-refractivity contribution in [2.45, 2.75) is 25.5 Å². The Morgan fingerprint density at radius 3 is 2.93 bits per heavy atom. The summed E-state index contributed by atoms with van der Waals surface area (Å²) in [6.07, 6.45) is 4.96. The van der Waals surface area contributed by atoms with Gasteiger partial charge in [-0.25, -0.2) is 9.50 Å². The molecular formula is C10H14N4O. The van der Waals surface area contributed by atoms with Crippen molar-refractivity contribution in [3.05, 3.63) is 30.4 Å². The van der Waals surface area contributed by atoms with Crippen LogP contribution in [-0.4, -0.2) is 25.3 Å². The maximum atomic E-state index is 9.84. The Balaban J connectivity index is 2.53. The summed E-state index contributed by atoms with van der Waals surface area (Å²) in [5, 5.41) is 13.9. The molecule has 0 bridgehead atoms. The second-order valence-electron chi connectivity index (χ2n) is 4.14. The summed E-state index contributed by atoms with van der Waals surface area (Å²) in [6.45, 7) is 3.37. The molecule has 0 amide bonds. The van der Waals surface area contributed by atoms with Crippen LogP contribution in [0, 0.1) is 0 Å². The molecule has 1 atom stereocenters. The molecule has 0 saturated heterocycles. The molecule has 0 aromatic carbocycles. The third kappa shape index (κ3) is 1.71. The molecule has 0 spiro atoms. The quantitative estimate of drug-likeness (QED) is 0.750. The van der Waals surface area contributed by atoms with Gasteiger partial charge in [-0.1, -0.05) is 0 Å². The van der Waals surface area contributed by atoms with Gasteiger partial charge in [0.1, 0.15) is 6.33 Å². The van der Waals surface area contributed by atoms with Gasteiger partial charge >= 0.3 is 0 Å². The van der Waals surface area contributed by atoms with E-state index in [1.807, 2.05) is 6.07 Å². The molecule has 15 heavy (non-hydrogen) atoms. The highest BCUT2D eigenvalue weighted by Crippen LogP contribution is 2.26. The number of hydrogen-bond acceptors (Lipinski definition) is 4. The van der Waals surface area contributed by atoms with Crippen molar-refractivity contribution in [1.29, 1.82) is 0 Å². The lowest BCUT2D eigenvalue weighted by molar-refractivity contribution is 0.0522. The van der Waals surface area contributed by atoms with E-state index in [1.165, 1.54) is 6.33 Å². The topological polar surface area (TPSA) is 76.4 Å². The summed E-state index contributed by atoms with van der Waals surface area (Å²) in [4.78, 5) is 3.94. The first-order valence-electron chi connectivity index (χ1n) is 4.75. The number of fused-ring (bicyclic) bond motifs is 1. The van der Waals surface area contributed by atoms with Crippen LogP contribution in [0.25, 0.3) is 5.52 Å². The van der Waals surface area contributed by atoms with Gasteiger partial charge in [0, 0.05) is 11.8 Å². The largest absolute Gasteiger partial charge is 0.388 e. The second kappa shape index (κ2) is 3.29. The molecule has 5 nitrogen and oxygen atoms in total. The minimum Gasteiger partial charge on any atom is -0.388 e. The first-order valence-corrected chi connectivity index (χ1v) is 4.75. The van der Waals surface area contributed by atoms with Crippen LogP contribution in [0.3, 0.4) is 0 Å². The average Bonchev–Trinajstić information content (AvgIpc) is 2.58. The van der Waals surface area contributed by atoms with Crippen LogP contribution in [-0.2, 0) is 0 Å². The van der Waals surface area contributed by atoms with E-state index in [-0.39, 0.29) is 0 Å². The van der Waals surface area contributed by atoms with Gasteiger partial charge in [0.15, 0.2) is 0 Å². The number of aliphatic hydroxyl groups is 1. The molecule has 3 N–H and O–H groups in total. The van der Waals surface area contributed by atoms with Crippen LogP contribution in [0.4, 0.5) is 0 Å². The Kier molecular flexibility index (Phi) is 2.21. The van der Waals surface area contributed by atoms with Crippen LogP contribution in [0.1, 0.15) is 25.5 Å². The van der Waals surface area contributed by atoms with Gasteiger partial charge in [0.05, 0.1) is 23.4 Å². The standard InChI is InChI=1S/C10H14N4O/c1-10(2,15)9(11)7-3-4-14-8(7)5-12-6-13-14/h3-6,9,15H,11H2,1-2H3. The highest BCUT2D eigenvalue weighted by atomic mass is 16.3. The van der Waals surface area contributed by atoms with Crippen LogP contribution in [0.15, 0.2) is 24.8 Å². The minimum atomic E-state index is -0.961. The highest BCUT2D eigenvalue weighted by molar-refractivity contribution is 5.54. The average molecular weight is 206 g/mol. The number of nitrogens with two attached hydrogens (primary N) is 1. The van der Waals surface area contributed by atoms with E-state index in [2.05, 4.69) is 10.1 Å². The van der Waals surface area contributed by atoms with Crippen molar-refractivity contribution < 1.29 is 5.11 Å². The lowest BCUT2D eigenvalue weighted by atomic mass is 9.94. The summed E-state index contributed by atoms with van der Waals surface area (Å²) >= 11 is 0. The molecule has 80 valence electrons. The van der Waals surface area contributed by atoms with Gasteiger partial charge < -0.3 is 10.8 Å². The molecule has 2 aromatic heterocycles. The Morgan fingerprint density at radius 2 is 2.27 bits per heavy atom. The number of hydrogen-bond donors (Lipinski definition) is 2. The van der Waals surface area contributed by atoms with Crippen LogP contribution < -0.4 is 5.73 Å². The fourth-order valence-electron chi connectivity index (χ4n) is 1.52. The molecule has 1 unspecified atom stereocenters. The summed E-state index contributed by atoms with van der Waals surface area (Å²) in [5.41, 5.74) is 6.68. The summed E-state index contributed by atoms with van der Waals surface area (Å²) in [5.74, 6) is 0. The Labute approximate surface area is 87.6 Å². The third-order valence-corrected chi connectivity index (χ3v) is 2.47.